The van der Waals surface area contributed by atoms with E-state index < -0.39 is 0 Å². The molecule has 5 rings (SSSR count). The van der Waals surface area contributed by atoms with E-state index >= 15 is 0 Å². The Balaban J connectivity index is 1.51. The quantitative estimate of drug-likeness (QED) is 0.416. The van der Waals surface area contributed by atoms with Gasteiger partial charge in [0.15, 0.2) is 5.65 Å². The summed E-state index contributed by atoms with van der Waals surface area (Å²) < 4.78 is 6.80. The fourth-order valence-corrected chi connectivity index (χ4v) is 4.37. The molecule has 1 amide bonds. The number of nitrogens with zero attached hydrogens (tertiary/aromatic N) is 4. The smallest absolute Gasteiger partial charge is 0.309 e. The number of aromatic nitrogens is 3. The van der Waals surface area contributed by atoms with Gasteiger partial charge in [-0.15, -0.1) is 0 Å². The molecule has 3 heterocycles. The van der Waals surface area contributed by atoms with E-state index in [0.717, 1.165) is 22.5 Å². The molecule has 1 aliphatic heterocycles. The number of amides is 1. The topological polar surface area (TPSA) is 76.8 Å². The minimum absolute atomic E-state index is 0.116. The highest BCUT2D eigenvalue weighted by Gasteiger charge is 2.30. The maximum Gasteiger partial charge on any atom is 0.309 e. The van der Waals surface area contributed by atoms with E-state index in [1.54, 1.807) is 9.42 Å². The van der Waals surface area contributed by atoms with Gasteiger partial charge in [-0.05, 0) is 25.8 Å². The van der Waals surface area contributed by atoms with E-state index in [1.165, 1.54) is 0 Å². The van der Waals surface area contributed by atoms with Crippen molar-refractivity contribution in [1.29, 1.82) is 0 Å². The Hall–Kier alpha value is -4.00. The number of hydrogen-bond acceptors (Lipinski definition) is 5. The lowest BCUT2D eigenvalue weighted by molar-refractivity contribution is -0.149. The number of fused-ring (bicyclic) bond motifs is 1. The van der Waals surface area contributed by atoms with E-state index in [1.807, 2.05) is 79.7 Å². The minimum atomic E-state index is -0.174. The van der Waals surface area contributed by atoms with Crippen LogP contribution >= 0.6 is 0 Å². The summed E-state index contributed by atoms with van der Waals surface area (Å²) in [7, 11) is 0. The fourth-order valence-electron chi connectivity index (χ4n) is 4.37. The highest BCUT2D eigenvalue weighted by atomic mass is 16.5. The van der Waals surface area contributed by atoms with Crippen LogP contribution in [0.15, 0.2) is 72.8 Å². The number of esters is 1. The third-order valence-corrected chi connectivity index (χ3v) is 6.19. The van der Waals surface area contributed by atoms with Gasteiger partial charge in [0.25, 0.3) is 5.91 Å². The summed E-state index contributed by atoms with van der Waals surface area (Å²) in [5.74, 6) is -0.447. The Morgan fingerprint density at radius 2 is 1.53 bits per heavy atom. The van der Waals surface area contributed by atoms with Crippen LogP contribution in [0.3, 0.4) is 0 Å². The Morgan fingerprint density at radius 1 is 0.912 bits per heavy atom. The average molecular weight is 455 g/mol. The van der Waals surface area contributed by atoms with Crippen molar-refractivity contribution in [2.24, 2.45) is 5.92 Å². The first-order valence-corrected chi connectivity index (χ1v) is 11.6. The lowest BCUT2D eigenvalue weighted by atomic mass is 9.96. The van der Waals surface area contributed by atoms with Crippen LogP contribution in [0, 0.1) is 5.92 Å². The molecule has 2 aromatic carbocycles. The number of carbonyl (C=O) groups excluding carboxylic acids is 2. The molecule has 0 radical (unpaired) electrons. The summed E-state index contributed by atoms with van der Waals surface area (Å²) in [6.07, 6.45) is 1.19. The number of likely N-dealkylation sites (tertiary alicyclic amines) is 1. The Morgan fingerprint density at radius 3 is 2.15 bits per heavy atom. The molecule has 4 aromatic rings. The highest BCUT2D eigenvalue weighted by Crippen LogP contribution is 2.26. The summed E-state index contributed by atoms with van der Waals surface area (Å²) in [4.78, 5) is 32.4. The van der Waals surface area contributed by atoms with Gasteiger partial charge in [0, 0.05) is 30.3 Å². The van der Waals surface area contributed by atoms with Crippen LogP contribution in [0.1, 0.15) is 30.3 Å². The minimum Gasteiger partial charge on any atom is -0.466 e. The maximum atomic E-state index is 13.7. The summed E-state index contributed by atoms with van der Waals surface area (Å²) in [6, 6.07) is 23.4. The molecule has 0 spiro atoms. The van der Waals surface area contributed by atoms with Crippen molar-refractivity contribution >= 4 is 17.5 Å². The molecule has 2 aromatic heterocycles. The second-order valence-electron chi connectivity index (χ2n) is 8.38. The number of carbonyl (C=O) groups is 2. The van der Waals surface area contributed by atoms with Gasteiger partial charge in [0.05, 0.1) is 23.9 Å². The maximum absolute atomic E-state index is 13.7. The molecule has 0 atom stereocenters. The zero-order valence-electron chi connectivity index (χ0n) is 19.1. The Bertz CT molecular complexity index is 1310. The summed E-state index contributed by atoms with van der Waals surface area (Å²) in [5.41, 5.74) is 4.45. The SMILES string of the molecule is CCOC(=O)C1CCN(C(=O)c2cc(-c3ccccc3)nc3cc(-c4ccccc4)nn23)CC1. The van der Waals surface area contributed by atoms with Crippen LogP contribution in [0.5, 0.6) is 0 Å². The van der Waals surface area contributed by atoms with Crippen molar-refractivity contribution in [3.8, 4) is 22.5 Å². The van der Waals surface area contributed by atoms with Gasteiger partial charge in [-0.1, -0.05) is 60.7 Å². The summed E-state index contributed by atoms with van der Waals surface area (Å²) in [5, 5.41) is 4.73. The van der Waals surface area contributed by atoms with Crippen molar-refractivity contribution < 1.29 is 14.3 Å². The van der Waals surface area contributed by atoms with Crippen molar-refractivity contribution in [2.45, 2.75) is 19.8 Å². The van der Waals surface area contributed by atoms with Crippen LogP contribution in [0.2, 0.25) is 0 Å². The van der Waals surface area contributed by atoms with E-state index in [2.05, 4.69) is 0 Å². The summed E-state index contributed by atoms with van der Waals surface area (Å²) in [6.45, 7) is 3.18. The van der Waals surface area contributed by atoms with E-state index in [-0.39, 0.29) is 17.8 Å². The first-order valence-electron chi connectivity index (χ1n) is 11.6. The Labute approximate surface area is 198 Å². The molecule has 0 aliphatic carbocycles. The lowest BCUT2D eigenvalue weighted by Gasteiger charge is -2.31. The van der Waals surface area contributed by atoms with Gasteiger partial charge >= 0.3 is 5.97 Å². The van der Waals surface area contributed by atoms with Crippen LogP contribution in [-0.4, -0.2) is 51.1 Å². The van der Waals surface area contributed by atoms with Crippen molar-refractivity contribution in [1.82, 2.24) is 19.5 Å². The molecule has 7 heteroatoms. The molecule has 1 saturated heterocycles. The van der Waals surface area contributed by atoms with Gasteiger partial charge in [-0.2, -0.15) is 5.10 Å². The first kappa shape index (κ1) is 21.8. The molecule has 0 unspecified atom stereocenters. The predicted molar refractivity (Wildman–Crippen MR) is 129 cm³/mol. The van der Waals surface area contributed by atoms with Crippen molar-refractivity contribution in [2.75, 3.05) is 19.7 Å². The normalized spacial score (nSPS) is 14.3. The van der Waals surface area contributed by atoms with Crippen LogP contribution in [-0.2, 0) is 9.53 Å². The highest BCUT2D eigenvalue weighted by molar-refractivity contribution is 5.94. The van der Waals surface area contributed by atoms with Crippen LogP contribution in [0.4, 0.5) is 0 Å². The largest absolute Gasteiger partial charge is 0.466 e. The molecule has 172 valence electrons. The molecule has 0 N–H and O–H groups in total. The number of hydrogen-bond donors (Lipinski definition) is 0. The number of benzene rings is 2. The molecular weight excluding hydrogens is 428 g/mol. The summed E-state index contributed by atoms with van der Waals surface area (Å²) >= 11 is 0. The van der Waals surface area contributed by atoms with Crippen molar-refractivity contribution in [3.63, 3.8) is 0 Å². The molecule has 1 fully saturated rings. The van der Waals surface area contributed by atoms with Gasteiger partial charge in [-0.3, -0.25) is 9.59 Å². The second kappa shape index (κ2) is 9.47. The predicted octanol–water partition coefficient (Wildman–Crippen LogP) is 4.48. The fraction of sp³-hybridized carbons (Fsp3) is 0.259. The molecule has 7 nitrogen and oxygen atoms in total. The zero-order chi connectivity index (χ0) is 23.5. The number of piperidine rings is 1. The monoisotopic (exact) mass is 454 g/mol. The standard InChI is InChI=1S/C27H26N4O3/c1-2-34-27(33)21-13-15-30(16-14-21)26(32)24-17-22(19-9-5-3-6-10-19)28-25-18-23(29-31(24)25)20-11-7-4-8-12-20/h3-12,17-18,21H,2,13-16H2,1H3. The lowest BCUT2D eigenvalue weighted by Crippen LogP contribution is -2.41. The second-order valence-corrected chi connectivity index (χ2v) is 8.38. The van der Waals surface area contributed by atoms with E-state index in [0.29, 0.717) is 43.9 Å². The van der Waals surface area contributed by atoms with Crippen molar-refractivity contribution in [3.05, 3.63) is 78.5 Å². The van der Waals surface area contributed by atoms with Crippen LogP contribution in [0.25, 0.3) is 28.2 Å². The van der Waals surface area contributed by atoms with Gasteiger partial charge in [0.2, 0.25) is 0 Å². The molecule has 0 bridgehead atoms. The molecular formula is C27H26N4O3. The average Bonchev–Trinajstić information content (AvgIpc) is 3.33. The van der Waals surface area contributed by atoms with Gasteiger partial charge in [-0.25, -0.2) is 9.50 Å². The number of rotatable bonds is 5. The molecule has 1 aliphatic rings. The third kappa shape index (κ3) is 4.29. The van der Waals surface area contributed by atoms with E-state index in [4.69, 9.17) is 14.8 Å². The zero-order valence-corrected chi connectivity index (χ0v) is 19.1. The van der Waals surface area contributed by atoms with Crippen LogP contribution < -0.4 is 0 Å². The molecule has 0 saturated carbocycles. The van der Waals surface area contributed by atoms with Gasteiger partial charge in [0.1, 0.15) is 5.69 Å². The van der Waals surface area contributed by atoms with Gasteiger partial charge < -0.3 is 9.64 Å². The Kier molecular flexibility index (Phi) is 6.08. The molecule has 34 heavy (non-hydrogen) atoms. The third-order valence-electron chi connectivity index (χ3n) is 6.19. The number of ether oxygens (including phenoxy) is 1. The van der Waals surface area contributed by atoms with E-state index in [9.17, 15) is 9.59 Å². The first-order chi connectivity index (χ1) is 16.6.